The van der Waals surface area contributed by atoms with Gasteiger partial charge in [-0.15, -0.1) is 10.2 Å². The van der Waals surface area contributed by atoms with Crippen LogP contribution in [-0.4, -0.2) is 63.0 Å². The lowest BCUT2D eigenvalue weighted by atomic mass is 10.1. The second kappa shape index (κ2) is 11.2. The zero-order valence-electron chi connectivity index (χ0n) is 20.9. The minimum absolute atomic E-state index is 0.0418. The lowest BCUT2D eigenvalue weighted by molar-refractivity contribution is 0.0187. The number of rotatable bonds is 5. The normalized spacial score (nSPS) is 14.1. The van der Waals surface area contributed by atoms with Crippen LogP contribution in [0.1, 0.15) is 38.7 Å². The number of aromatic nitrogens is 2. The lowest BCUT2D eigenvalue weighted by Crippen LogP contribution is -2.54. The summed E-state index contributed by atoms with van der Waals surface area (Å²) < 4.78 is 36.1. The Bertz CT molecular complexity index is 1210. The number of piperazine rings is 1. The Balaban J connectivity index is 1.46. The van der Waals surface area contributed by atoms with Crippen molar-refractivity contribution in [3.8, 4) is 11.5 Å². The van der Waals surface area contributed by atoms with Gasteiger partial charge in [-0.05, 0) is 62.8 Å². The van der Waals surface area contributed by atoms with E-state index in [1.807, 2.05) is 68.1 Å². The molecule has 0 bridgehead atoms. The first-order valence-corrected chi connectivity index (χ1v) is 12.3. The monoisotopic (exact) mass is 529 g/mol. The topological polar surface area (TPSA) is 74.9 Å². The summed E-state index contributed by atoms with van der Waals surface area (Å²) in [5.74, 6) is -0.661. The molecular weight excluding hydrogens is 500 g/mol. The Morgan fingerprint density at radius 2 is 1.65 bits per heavy atom. The molecule has 1 aromatic heterocycles. The third-order valence-corrected chi connectivity index (χ3v) is 6.15. The third-order valence-electron chi connectivity index (χ3n) is 5.67. The van der Waals surface area contributed by atoms with Gasteiger partial charge in [0.1, 0.15) is 5.60 Å². The van der Waals surface area contributed by atoms with Gasteiger partial charge in [0.2, 0.25) is 5.89 Å². The van der Waals surface area contributed by atoms with Crippen LogP contribution in [0.3, 0.4) is 0 Å². The minimum Gasteiger partial charge on any atom is -0.444 e. The molecule has 0 N–H and O–H groups in total. The number of thiocarbonyl (C=S) groups is 1. The van der Waals surface area contributed by atoms with Gasteiger partial charge in [0.15, 0.2) is 5.11 Å². The van der Waals surface area contributed by atoms with Gasteiger partial charge in [-0.25, -0.2) is 4.79 Å². The van der Waals surface area contributed by atoms with Crippen molar-refractivity contribution in [1.82, 2.24) is 20.0 Å². The van der Waals surface area contributed by atoms with E-state index in [9.17, 15) is 13.6 Å². The highest BCUT2D eigenvalue weighted by Crippen LogP contribution is 2.25. The Morgan fingerprint density at radius 3 is 2.22 bits per heavy atom. The molecule has 4 rings (SSSR count). The van der Waals surface area contributed by atoms with E-state index in [2.05, 4.69) is 15.1 Å². The molecule has 1 amide bonds. The lowest BCUT2D eigenvalue weighted by Gasteiger charge is -2.40. The molecule has 8 nitrogen and oxygen atoms in total. The summed E-state index contributed by atoms with van der Waals surface area (Å²) in [7, 11) is 0. The summed E-state index contributed by atoms with van der Waals surface area (Å²) in [6.07, 6.45) is -3.13. The van der Waals surface area contributed by atoms with Gasteiger partial charge < -0.3 is 23.9 Å². The number of hydrogen-bond acceptors (Lipinski definition) is 6. The molecule has 0 radical (unpaired) electrons. The molecule has 196 valence electrons. The van der Waals surface area contributed by atoms with E-state index in [0.29, 0.717) is 43.4 Å². The van der Waals surface area contributed by atoms with Crippen LogP contribution < -0.4 is 4.90 Å². The molecule has 2 aromatic carbocycles. The summed E-state index contributed by atoms with van der Waals surface area (Å²) in [5, 5.41) is 7.73. The Kier molecular flexibility index (Phi) is 8.01. The maximum Gasteiger partial charge on any atom is 0.410 e. The van der Waals surface area contributed by atoms with Crippen LogP contribution in [0.4, 0.5) is 19.3 Å². The smallest absolute Gasteiger partial charge is 0.410 e. The van der Waals surface area contributed by atoms with Crippen molar-refractivity contribution in [1.29, 1.82) is 0 Å². The van der Waals surface area contributed by atoms with Crippen LogP contribution in [0.15, 0.2) is 59.0 Å². The van der Waals surface area contributed by atoms with Crippen LogP contribution in [0.25, 0.3) is 11.5 Å². The number of amides is 1. The number of halogens is 2. The van der Waals surface area contributed by atoms with E-state index in [1.165, 1.54) is 0 Å². The van der Waals surface area contributed by atoms with Crippen molar-refractivity contribution < 1.29 is 22.7 Å². The number of hydrogen-bond donors (Lipinski definition) is 0. The zero-order valence-corrected chi connectivity index (χ0v) is 21.8. The van der Waals surface area contributed by atoms with Crippen LogP contribution in [0.2, 0.25) is 0 Å². The van der Waals surface area contributed by atoms with Gasteiger partial charge in [0.25, 0.3) is 5.89 Å². The Morgan fingerprint density at radius 1 is 1.03 bits per heavy atom. The number of carbonyl (C=O) groups excluding carboxylic acids is 1. The van der Waals surface area contributed by atoms with Gasteiger partial charge in [0.05, 0.1) is 6.54 Å². The molecule has 1 saturated heterocycles. The number of nitrogens with zero attached hydrogens (tertiary/aromatic N) is 5. The van der Waals surface area contributed by atoms with E-state index in [-0.39, 0.29) is 12.0 Å². The predicted octanol–water partition coefficient (Wildman–Crippen LogP) is 5.52. The molecule has 11 heteroatoms. The summed E-state index contributed by atoms with van der Waals surface area (Å²) in [4.78, 5) is 18.3. The fourth-order valence-electron chi connectivity index (χ4n) is 3.83. The first-order chi connectivity index (χ1) is 17.6. The SMILES string of the molecule is CC(C)(C)OC(=O)N1CCN(C(=S)N(Cc2ccc(-c3nnc(C(F)F)o3)cc2)c2ccccc2)CC1. The van der Waals surface area contributed by atoms with Crippen LogP contribution in [0, 0.1) is 0 Å². The van der Waals surface area contributed by atoms with E-state index in [4.69, 9.17) is 21.4 Å². The van der Waals surface area contributed by atoms with Crippen molar-refractivity contribution in [2.45, 2.75) is 39.3 Å². The molecule has 0 aliphatic carbocycles. The molecule has 0 unspecified atom stereocenters. The number of ether oxygens (including phenoxy) is 1. The van der Waals surface area contributed by atoms with Crippen molar-refractivity contribution in [3.63, 3.8) is 0 Å². The first-order valence-electron chi connectivity index (χ1n) is 11.9. The van der Waals surface area contributed by atoms with Gasteiger partial charge in [-0.3, -0.25) is 0 Å². The zero-order chi connectivity index (χ0) is 26.6. The van der Waals surface area contributed by atoms with Crippen molar-refractivity contribution >= 4 is 29.1 Å². The fraction of sp³-hybridized carbons (Fsp3) is 0.385. The van der Waals surface area contributed by atoms with Crippen molar-refractivity contribution in [2.75, 3.05) is 31.1 Å². The van der Waals surface area contributed by atoms with E-state index >= 15 is 0 Å². The maximum absolute atomic E-state index is 12.8. The minimum atomic E-state index is -2.81. The first kappa shape index (κ1) is 26.5. The molecule has 3 aromatic rings. The third kappa shape index (κ3) is 6.79. The van der Waals surface area contributed by atoms with E-state index < -0.39 is 17.9 Å². The van der Waals surface area contributed by atoms with Crippen molar-refractivity contribution in [2.24, 2.45) is 0 Å². The number of anilines is 1. The number of para-hydroxylation sites is 1. The molecule has 0 atom stereocenters. The Hall–Kier alpha value is -3.60. The molecular formula is C26H29F2N5O3S. The summed E-state index contributed by atoms with van der Waals surface area (Å²) in [6, 6.07) is 17.1. The van der Waals surface area contributed by atoms with Crippen LogP contribution >= 0.6 is 12.2 Å². The summed E-state index contributed by atoms with van der Waals surface area (Å²) >= 11 is 5.91. The van der Waals surface area contributed by atoms with Gasteiger partial charge in [0, 0.05) is 37.4 Å². The maximum atomic E-state index is 12.8. The molecule has 0 saturated carbocycles. The largest absolute Gasteiger partial charge is 0.444 e. The highest BCUT2D eigenvalue weighted by atomic mass is 32.1. The molecule has 0 spiro atoms. The predicted molar refractivity (Wildman–Crippen MR) is 139 cm³/mol. The molecule has 2 heterocycles. The van der Waals surface area contributed by atoms with Crippen LogP contribution in [0.5, 0.6) is 0 Å². The fourth-order valence-corrected chi connectivity index (χ4v) is 4.18. The highest BCUT2D eigenvalue weighted by Gasteiger charge is 2.28. The van der Waals surface area contributed by atoms with E-state index in [1.54, 1.807) is 17.0 Å². The average molecular weight is 530 g/mol. The standard InChI is InChI=1S/C26H29F2N5O3S/c1-26(2,3)36-25(34)32-15-13-31(14-16-32)24(37)33(20-7-5-4-6-8-20)17-18-9-11-19(12-10-18)22-29-30-23(35-22)21(27)28/h4-12,21H,13-17H2,1-3H3. The second-order valence-corrected chi connectivity index (χ2v) is 9.97. The van der Waals surface area contributed by atoms with Crippen LogP contribution in [-0.2, 0) is 11.3 Å². The Labute approximate surface area is 219 Å². The average Bonchev–Trinajstić information content (AvgIpc) is 3.38. The quantitative estimate of drug-likeness (QED) is 0.400. The molecule has 37 heavy (non-hydrogen) atoms. The number of benzene rings is 2. The molecule has 1 fully saturated rings. The van der Waals surface area contributed by atoms with Crippen molar-refractivity contribution in [3.05, 3.63) is 66.1 Å². The van der Waals surface area contributed by atoms with E-state index in [0.717, 1.165) is 11.3 Å². The summed E-state index contributed by atoms with van der Waals surface area (Å²) in [5.41, 5.74) is 1.90. The number of alkyl halides is 2. The summed E-state index contributed by atoms with van der Waals surface area (Å²) in [6.45, 7) is 8.24. The molecule has 1 aliphatic heterocycles. The van der Waals surface area contributed by atoms with Gasteiger partial charge in [-0.2, -0.15) is 8.78 Å². The van der Waals surface area contributed by atoms with Gasteiger partial charge in [-0.1, -0.05) is 30.3 Å². The second-order valence-electron chi connectivity index (χ2n) is 9.60. The highest BCUT2D eigenvalue weighted by molar-refractivity contribution is 7.80. The van der Waals surface area contributed by atoms with Gasteiger partial charge >= 0.3 is 12.5 Å². The molecule has 1 aliphatic rings. The number of carbonyl (C=O) groups is 1.